The van der Waals surface area contributed by atoms with Gasteiger partial charge >= 0.3 is 0 Å². The molecule has 1 saturated carbocycles. The molecule has 0 aromatic heterocycles. The van der Waals surface area contributed by atoms with Crippen LogP contribution in [0.5, 0.6) is 0 Å². The summed E-state index contributed by atoms with van der Waals surface area (Å²) in [6.45, 7) is 6.61. The molecule has 1 unspecified atom stereocenters. The maximum atomic E-state index is 6.02. The SMILES string of the molecule is CC(C)(C)NC1CCCC[C@H]1N. The molecule has 3 N–H and O–H groups in total. The van der Waals surface area contributed by atoms with Crippen LogP contribution in [0.15, 0.2) is 0 Å². The fraction of sp³-hybridized carbons (Fsp3) is 1.00. The largest absolute Gasteiger partial charge is 0.326 e. The van der Waals surface area contributed by atoms with Gasteiger partial charge in [-0.25, -0.2) is 0 Å². The van der Waals surface area contributed by atoms with Gasteiger partial charge in [-0.15, -0.1) is 0 Å². The second-order valence-corrected chi connectivity index (χ2v) is 4.95. The first-order valence-electron chi connectivity index (χ1n) is 5.02. The van der Waals surface area contributed by atoms with Crippen LogP contribution < -0.4 is 11.1 Å². The zero-order valence-corrected chi connectivity index (χ0v) is 8.56. The normalized spacial score (nSPS) is 32.0. The van der Waals surface area contributed by atoms with Gasteiger partial charge in [-0.05, 0) is 33.6 Å². The molecule has 0 amide bonds. The van der Waals surface area contributed by atoms with Crippen molar-refractivity contribution in [2.75, 3.05) is 0 Å². The summed E-state index contributed by atoms with van der Waals surface area (Å²) in [5.41, 5.74) is 6.23. The molecule has 1 fully saturated rings. The topological polar surface area (TPSA) is 38.0 Å². The standard InChI is InChI=1S/C10H22N2/c1-10(2,3)12-9-7-5-4-6-8(9)11/h8-9,12H,4-7,11H2,1-3H3/t8-,9?/m1/s1. The molecule has 0 saturated heterocycles. The fourth-order valence-corrected chi connectivity index (χ4v) is 1.89. The van der Waals surface area contributed by atoms with Crippen LogP contribution in [0, 0.1) is 0 Å². The molecule has 0 bridgehead atoms. The average molecular weight is 170 g/mol. The third-order valence-electron chi connectivity index (χ3n) is 2.44. The molecule has 1 rings (SSSR count). The smallest absolute Gasteiger partial charge is 0.0223 e. The predicted molar refractivity (Wildman–Crippen MR) is 53.1 cm³/mol. The third-order valence-corrected chi connectivity index (χ3v) is 2.44. The first-order valence-corrected chi connectivity index (χ1v) is 5.02. The minimum atomic E-state index is 0.208. The van der Waals surface area contributed by atoms with Crippen molar-refractivity contribution in [3.05, 3.63) is 0 Å². The zero-order valence-electron chi connectivity index (χ0n) is 8.56. The van der Waals surface area contributed by atoms with Gasteiger partial charge in [-0.2, -0.15) is 0 Å². The molecule has 0 aromatic rings. The van der Waals surface area contributed by atoms with E-state index in [-0.39, 0.29) is 5.54 Å². The molecule has 2 heteroatoms. The Bertz CT molecular complexity index is 137. The lowest BCUT2D eigenvalue weighted by atomic mass is 9.89. The highest BCUT2D eigenvalue weighted by molar-refractivity contribution is 4.87. The van der Waals surface area contributed by atoms with E-state index < -0.39 is 0 Å². The molecule has 1 aliphatic rings. The van der Waals surface area contributed by atoms with Gasteiger partial charge in [0.15, 0.2) is 0 Å². The van der Waals surface area contributed by atoms with Crippen molar-refractivity contribution in [1.29, 1.82) is 0 Å². The lowest BCUT2D eigenvalue weighted by Crippen LogP contribution is -2.53. The van der Waals surface area contributed by atoms with Gasteiger partial charge in [0.2, 0.25) is 0 Å². The van der Waals surface area contributed by atoms with Crippen LogP contribution in [0.25, 0.3) is 0 Å². The Morgan fingerprint density at radius 3 is 2.25 bits per heavy atom. The molecule has 1 aliphatic carbocycles. The maximum Gasteiger partial charge on any atom is 0.0223 e. The summed E-state index contributed by atoms with van der Waals surface area (Å²) < 4.78 is 0. The molecule has 0 heterocycles. The molecular weight excluding hydrogens is 148 g/mol. The van der Waals surface area contributed by atoms with E-state index >= 15 is 0 Å². The molecule has 2 nitrogen and oxygen atoms in total. The molecular formula is C10H22N2. The Hall–Kier alpha value is -0.0800. The number of hydrogen-bond donors (Lipinski definition) is 2. The Kier molecular flexibility index (Phi) is 3.13. The molecule has 72 valence electrons. The minimum absolute atomic E-state index is 0.208. The van der Waals surface area contributed by atoms with Crippen LogP contribution in [-0.2, 0) is 0 Å². The summed E-state index contributed by atoms with van der Waals surface area (Å²) in [6.07, 6.45) is 5.08. The van der Waals surface area contributed by atoms with E-state index in [2.05, 4.69) is 26.1 Å². The lowest BCUT2D eigenvalue weighted by molar-refractivity contribution is 0.266. The molecule has 0 radical (unpaired) electrons. The van der Waals surface area contributed by atoms with Gasteiger partial charge in [0.05, 0.1) is 0 Å². The second kappa shape index (κ2) is 3.75. The highest BCUT2D eigenvalue weighted by atomic mass is 15.0. The molecule has 0 aromatic carbocycles. The van der Waals surface area contributed by atoms with Gasteiger partial charge in [-0.3, -0.25) is 0 Å². The molecule has 0 spiro atoms. The summed E-state index contributed by atoms with van der Waals surface area (Å²) in [7, 11) is 0. The van der Waals surface area contributed by atoms with E-state index in [1.165, 1.54) is 25.7 Å². The number of nitrogens with two attached hydrogens (primary N) is 1. The number of nitrogens with one attached hydrogen (secondary N) is 1. The van der Waals surface area contributed by atoms with E-state index in [1.54, 1.807) is 0 Å². The summed E-state index contributed by atoms with van der Waals surface area (Å²) in [5.74, 6) is 0. The molecule has 2 atom stereocenters. The van der Waals surface area contributed by atoms with Crippen molar-refractivity contribution in [3.8, 4) is 0 Å². The van der Waals surface area contributed by atoms with E-state index in [0.717, 1.165) is 0 Å². The van der Waals surface area contributed by atoms with Crippen LogP contribution >= 0.6 is 0 Å². The Labute approximate surface area is 75.9 Å². The van der Waals surface area contributed by atoms with Gasteiger partial charge in [0.1, 0.15) is 0 Å². The zero-order chi connectivity index (χ0) is 9.19. The summed E-state index contributed by atoms with van der Waals surface area (Å²) in [5, 5.41) is 3.58. The summed E-state index contributed by atoms with van der Waals surface area (Å²) in [4.78, 5) is 0. The van der Waals surface area contributed by atoms with Gasteiger partial charge in [-0.1, -0.05) is 12.8 Å². The van der Waals surface area contributed by atoms with Gasteiger partial charge in [0, 0.05) is 17.6 Å². The van der Waals surface area contributed by atoms with Crippen molar-refractivity contribution in [3.63, 3.8) is 0 Å². The maximum absolute atomic E-state index is 6.02. The molecule has 12 heavy (non-hydrogen) atoms. The van der Waals surface area contributed by atoms with Crippen molar-refractivity contribution in [2.24, 2.45) is 5.73 Å². The van der Waals surface area contributed by atoms with Crippen molar-refractivity contribution in [2.45, 2.75) is 64.1 Å². The lowest BCUT2D eigenvalue weighted by Gasteiger charge is -2.35. The van der Waals surface area contributed by atoms with E-state index in [1.807, 2.05) is 0 Å². The summed E-state index contributed by atoms with van der Waals surface area (Å²) in [6, 6.07) is 0.914. The molecule has 0 aliphatic heterocycles. The second-order valence-electron chi connectivity index (χ2n) is 4.95. The van der Waals surface area contributed by atoms with Crippen molar-refractivity contribution < 1.29 is 0 Å². The van der Waals surface area contributed by atoms with Crippen LogP contribution in [0.4, 0.5) is 0 Å². The monoisotopic (exact) mass is 170 g/mol. The van der Waals surface area contributed by atoms with E-state index in [9.17, 15) is 0 Å². The number of hydrogen-bond acceptors (Lipinski definition) is 2. The number of rotatable bonds is 1. The Morgan fingerprint density at radius 1 is 1.17 bits per heavy atom. The van der Waals surface area contributed by atoms with Gasteiger partial charge < -0.3 is 11.1 Å². The minimum Gasteiger partial charge on any atom is -0.326 e. The van der Waals surface area contributed by atoms with Crippen molar-refractivity contribution in [1.82, 2.24) is 5.32 Å². The van der Waals surface area contributed by atoms with E-state index in [0.29, 0.717) is 12.1 Å². The first kappa shape index (κ1) is 10.0. The van der Waals surface area contributed by atoms with Crippen LogP contribution in [0.3, 0.4) is 0 Å². The van der Waals surface area contributed by atoms with Crippen LogP contribution in [0.1, 0.15) is 46.5 Å². The van der Waals surface area contributed by atoms with E-state index in [4.69, 9.17) is 5.73 Å². The Morgan fingerprint density at radius 2 is 1.75 bits per heavy atom. The Balaban J connectivity index is 2.39. The predicted octanol–water partition coefficient (Wildman–Crippen LogP) is 1.64. The fourth-order valence-electron chi connectivity index (χ4n) is 1.89. The average Bonchev–Trinajstić information content (AvgIpc) is 1.91. The first-order chi connectivity index (χ1) is 5.49. The highest BCUT2D eigenvalue weighted by Gasteiger charge is 2.24. The van der Waals surface area contributed by atoms with Crippen LogP contribution in [-0.4, -0.2) is 17.6 Å². The van der Waals surface area contributed by atoms with Crippen molar-refractivity contribution >= 4 is 0 Å². The van der Waals surface area contributed by atoms with Crippen LogP contribution in [0.2, 0.25) is 0 Å². The van der Waals surface area contributed by atoms with Gasteiger partial charge in [0.25, 0.3) is 0 Å². The highest BCUT2D eigenvalue weighted by Crippen LogP contribution is 2.18. The third kappa shape index (κ3) is 3.11. The quantitative estimate of drug-likeness (QED) is 0.628. The summed E-state index contributed by atoms with van der Waals surface area (Å²) >= 11 is 0.